The van der Waals surface area contributed by atoms with Crippen LogP contribution in [0.3, 0.4) is 0 Å². The van der Waals surface area contributed by atoms with Crippen molar-refractivity contribution in [3.63, 3.8) is 0 Å². The van der Waals surface area contributed by atoms with Crippen LogP contribution in [-0.4, -0.2) is 5.11 Å². The van der Waals surface area contributed by atoms with Crippen LogP contribution in [0.1, 0.15) is 18.4 Å². The van der Waals surface area contributed by atoms with Gasteiger partial charge in [0.05, 0.1) is 5.02 Å². The monoisotopic (exact) mass is 183 g/mol. The van der Waals surface area contributed by atoms with Gasteiger partial charge < -0.3 is 5.11 Å². The molecule has 1 nitrogen and oxygen atoms in total. The number of phenols is 1. The molecule has 0 heterocycles. The van der Waals surface area contributed by atoms with Gasteiger partial charge in [-0.15, -0.1) is 0 Å². The molecule has 0 fully saturated rings. The van der Waals surface area contributed by atoms with E-state index in [4.69, 9.17) is 16.7 Å². The maximum atomic E-state index is 9.12. The lowest BCUT2D eigenvalue weighted by atomic mass is 10.1. The lowest BCUT2D eigenvalue weighted by Crippen LogP contribution is -1.83. The number of halogens is 1. The lowest BCUT2D eigenvalue weighted by molar-refractivity contribution is 0.475. The molecule has 0 unspecified atom stereocenters. The molecular weight excluding hydrogens is 172 g/mol. The second-order valence-electron chi connectivity index (χ2n) is 2.74. The van der Waals surface area contributed by atoms with E-state index >= 15 is 0 Å². The third kappa shape index (κ3) is 2.42. The normalized spacial score (nSPS) is 10.2. The molecule has 12 heavy (non-hydrogen) atoms. The van der Waals surface area contributed by atoms with Gasteiger partial charge in [-0.2, -0.15) is 0 Å². The van der Waals surface area contributed by atoms with E-state index in [2.05, 4.69) is 6.92 Å². The van der Waals surface area contributed by atoms with Crippen LogP contribution in [0.4, 0.5) is 0 Å². The molecule has 0 amide bonds. The van der Waals surface area contributed by atoms with Crippen LogP contribution in [0.15, 0.2) is 18.2 Å². The zero-order chi connectivity index (χ0) is 8.97. The Morgan fingerprint density at radius 1 is 1.42 bits per heavy atom. The Morgan fingerprint density at radius 2 is 2.17 bits per heavy atom. The fraction of sp³-hybridized carbons (Fsp3) is 0.300. The Labute approximate surface area is 78.0 Å². The van der Waals surface area contributed by atoms with Gasteiger partial charge in [-0.1, -0.05) is 31.0 Å². The van der Waals surface area contributed by atoms with E-state index in [1.807, 2.05) is 6.07 Å². The zero-order valence-electron chi connectivity index (χ0n) is 6.89. The summed E-state index contributed by atoms with van der Waals surface area (Å²) in [6.07, 6.45) is 2.96. The summed E-state index contributed by atoms with van der Waals surface area (Å²) in [5.41, 5.74) is 1.15. The highest BCUT2D eigenvalue weighted by molar-refractivity contribution is 6.32. The van der Waals surface area contributed by atoms with Gasteiger partial charge in [0.25, 0.3) is 0 Å². The number of aryl methyl sites for hydroxylation is 1. The average molecular weight is 184 g/mol. The van der Waals surface area contributed by atoms with Crippen molar-refractivity contribution < 1.29 is 5.11 Å². The minimum Gasteiger partial charge on any atom is -0.506 e. The summed E-state index contributed by atoms with van der Waals surface area (Å²) < 4.78 is 0. The summed E-state index contributed by atoms with van der Waals surface area (Å²) in [7, 11) is 0. The summed E-state index contributed by atoms with van der Waals surface area (Å²) in [4.78, 5) is 0. The smallest absolute Gasteiger partial charge is 0.134 e. The predicted molar refractivity (Wildman–Crippen MR) is 51.4 cm³/mol. The highest BCUT2D eigenvalue weighted by Gasteiger charge is 1.98. The van der Waals surface area contributed by atoms with E-state index in [-0.39, 0.29) is 5.75 Å². The maximum Gasteiger partial charge on any atom is 0.134 e. The summed E-state index contributed by atoms with van der Waals surface area (Å²) in [5, 5.41) is 9.55. The topological polar surface area (TPSA) is 20.2 Å². The fourth-order valence-electron chi connectivity index (χ4n) is 1.04. The number of aromatic hydroxyl groups is 1. The standard InChI is InChI=1S/C10H12ClO/c1-2-3-4-8-5-6-10(12)9(11)7-8/h5-7,12H,1-4H2. The van der Waals surface area contributed by atoms with Crippen molar-refractivity contribution in [3.05, 3.63) is 35.7 Å². The van der Waals surface area contributed by atoms with Gasteiger partial charge in [0.1, 0.15) is 5.75 Å². The Kier molecular flexibility index (Phi) is 3.42. The molecule has 1 aromatic carbocycles. The van der Waals surface area contributed by atoms with E-state index in [1.165, 1.54) is 0 Å². The van der Waals surface area contributed by atoms with Crippen molar-refractivity contribution in [2.45, 2.75) is 19.3 Å². The van der Waals surface area contributed by atoms with Gasteiger partial charge in [0, 0.05) is 0 Å². The first-order valence-electron chi connectivity index (χ1n) is 4.00. The molecule has 0 bridgehead atoms. The molecule has 1 rings (SSSR count). The van der Waals surface area contributed by atoms with Crippen LogP contribution in [0.2, 0.25) is 5.02 Å². The van der Waals surface area contributed by atoms with Crippen molar-refractivity contribution in [2.24, 2.45) is 0 Å². The quantitative estimate of drug-likeness (QED) is 0.763. The highest BCUT2D eigenvalue weighted by atomic mass is 35.5. The van der Waals surface area contributed by atoms with Crippen LogP contribution >= 0.6 is 11.6 Å². The number of benzene rings is 1. The first kappa shape index (κ1) is 9.40. The van der Waals surface area contributed by atoms with Gasteiger partial charge >= 0.3 is 0 Å². The number of hydrogen-bond donors (Lipinski definition) is 1. The van der Waals surface area contributed by atoms with E-state index in [0.717, 1.165) is 24.8 Å². The van der Waals surface area contributed by atoms with Gasteiger partial charge in [-0.05, 0) is 30.5 Å². The molecule has 0 saturated carbocycles. The molecule has 0 saturated heterocycles. The van der Waals surface area contributed by atoms with Gasteiger partial charge in [0.15, 0.2) is 0 Å². The van der Waals surface area contributed by atoms with E-state index in [0.29, 0.717) is 5.02 Å². The first-order chi connectivity index (χ1) is 5.74. The first-order valence-corrected chi connectivity index (χ1v) is 4.38. The van der Waals surface area contributed by atoms with Crippen molar-refractivity contribution in [2.75, 3.05) is 0 Å². The van der Waals surface area contributed by atoms with Gasteiger partial charge in [-0.25, -0.2) is 0 Å². The minimum absolute atomic E-state index is 0.148. The second kappa shape index (κ2) is 4.36. The molecule has 0 aliphatic rings. The zero-order valence-corrected chi connectivity index (χ0v) is 7.64. The van der Waals surface area contributed by atoms with Crippen LogP contribution in [0, 0.1) is 6.92 Å². The van der Waals surface area contributed by atoms with Crippen LogP contribution < -0.4 is 0 Å². The van der Waals surface area contributed by atoms with Crippen LogP contribution in [0.5, 0.6) is 5.75 Å². The lowest BCUT2D eigenvalue weighted by Gasteiger charge is -2.01. The third-order valence-electron chi connectivity index (χ3n) is 1.73. The van der Waals surface area contributed by atoms with Gasteiger partial charge in [0.2, 0.25) is 0 Å². The van der Waals surface area contributed by atoms with Gasteiger partial charge in [-0.3, -0.25) is 0 Å². The number of hydrogen-bond acceptors (Lipinski definition) is 1. The average Bonchev–Trinajstić information content (AvgIpc) is 2.07. The van der Waals surface area contributed by atoms with Crippen molar-refractivity contribution >= 4 is 11.6 Å². The van der Waals surface area contributed by atoms with E-state index in [9.17, 15) is 0 Å². The second-order valence-corrected chi connectivity index (χ2v) is 3.15. The Hall–Kier alpha value is -0.690. The molecule has 0 aromatic heterocycles. The molecule has 0 aliphatic carbocycles. The highest BCUT2D eigenvalue weighted by Crippen LogP contribution is 2.24. The molecule has 1 aromatic rings. The van der Waals surface area contributed by atoms with Crippen LogP contribution in [0.25, 0.3) is 0 Å². The van der Waals surface area contributed by atoms with Crippen molar-refractivity contribution in [1.29, 1.82) is 0 Å². The number of rotatable bonds is 3. The molecule has 0 atom stereocenters. The van der Waals surface area contributed by atoms with Crippen molar-refractivity contribution in [1.82, 2.24) is 0 Å². The largest absolute Gasteiger partial charge is 0.506 e. The number of phenolic OH excluding ortho intramolecular Hbond substituents is 1. The predicted octanol–water partition coefficient (Wildman–Crippen LogP) is 3.20. The third-order valence-corrected chi connectivity index (χ3v) is 2.03. The fourth-order valence-corrected chi connectivity index (χ4v) is 1.24. The maximum absolute atomic E-state index is 9.12. The molecule has 2 heteroatoms. The molecule has 0 aliphatic heterocycles. The SMILES string of the molecule is [CH2]CCCc1ccc(O)c(Cl)c1. The molecule has 0 spiro atoms. The molecule has 1 radical (unpaired) electrons. The minimum atomic E-state index is 0.148. The Balaban J connectivity index is 2.69. The summed E-state index contributed by atoms with van der Waals surface area (Å²) >= 11 is 5.73. The van der Waals surface area contributed by atoms with E-state index < -0.39 is 0 Å². The molecular formula is C10H12ClO. The molecule has 65 valence electrons. The Bertz CT molecular complexity index is 258. The van der Waals surface area contributed by atoms with E-state index in [1.54, 1.807) is 12.1 Å². The van der Waals surface area contributed by atoms with Crippen LogP contribution in [-0.2, 0) is 6.42 Å². The Morgan fingerprint density at radius 3 is 2.75 bits per heavy atom. The van der Waals surface area contributed by atoms with Crippen molar-refractivity contribution in [3.8, 4) is 5.75 Å². The number of unbranched alkanes of at least 4 members (excludes halogenated alkanes) is 1. The summed E-state index contributed by atoms with van der Waals surface area (Å²) in [6.45, 7) is 3.76. The summed E-state index contributed by atoms with van der Waals surface area (Å²) in [5.74, 6) is 0.148. The summed E-state index contributed by atoms with van der Waals surface area (Å²) in [6, 6.07) is 5.31. The molecule has 1 N–H and O–H groups in total.